The molecule has 0 radical (unpaired) electrons. The molecule has 2 nitrogen and oxygen atoms in total. The van der Waals surface area contributed by atoms with Crippen LogP contribution in [0.25, 0.3) is 5.57 Å². The van der Waals surface area contributed by atoms with E-state index < -0.39 is 5.97 Å². The molecule has 0 fully saturated rings. The van der Waals surface area contributed by atoms with Gasteiger partial charge in [-0.2, -0.15) is 0 Å². The van der Waals surface area contributed by atoms with Crippen LogP contribution in [0.1, 0.15) is 12.5 Å². The van der Waals surface area contributed by atoms with Gasteiger partial charge in [-0.05, 0) is 30.2 Å². The quantitative estimate of drug-likeness (QED) is 0.560. The predicted octanol–water partition coefficient (Wildman–Crippen LogP) is 2.46. The third kappa shape index (κ3) is 2.95. The van der Waals surface area contributed by atoms with Crippen molar-refractivity contribution in [3.63, 3.8) is 0 Å². The maximum atomic E-state index is 10.4. The van der Waals surface area contributed by atoms with Gasteiger partial charge in [-0.3, -0.25) is 0 Å². The SMILES string of the molecule is CC(=CC(=O)O)c1ccc(S)cc1. The van der Waals surface area contributed by atoms with Crippen molar-refractivity contribution in [1.82, 2.24) is 0 Å². The first-order valence-electron chi connectivity index (χ1n) is 3.80. The fourth-order valence-electron chi connectivity index (χ4n) is 0.993. The largest absolute Gasteiger partial charge is 0.478 e. The van der Waals surface area contributed by atoms with Crippen LogP contribution in [0.15, 0.2) is 35.2 Å². The number of aliphatic carboxylic acids is 1. The van der Waals surface area contributed by atoms with Crippen LogP contribution in [0.4, 0.5) is 0 Å². The van der Waals surface area contributed by atoms with E-state index in [2.05, 4.69) is 12.6 Å². The third-order valence-corrected chi connectivity index (χ3v) is 1.96. The molecule has 68 valence electrons. The summed E-state index contributed by atoms with van der Waals surface area (Å²) in [7, 11) is 0. The molecule has 0 amide bonds. The number of carboxylic acid groups (broad SMARTS) is 1. The number of carboxylic acids is 1. The number of hydrogen-bond donors (Lipinski definition) is 2. The van der Waals surface area contributed by atoms with Crippen LogP contribution in [-0.4, -0.2) is 11.1 Å². The van der Waals surface area contributed by atoms with Gasteiger partial charge in [0.2, 0.25) is 0 Å². The lowest BCUT2D eigenvalue weighted by Gasteiger charge is -1.99. The van der Waals surface area contributed by atoms with Gasteiger partial charge < -0.3 is 5.11 Å². The number of thiol groups is 1. The summed E-state index contributed by atoms with van der Waals surface area (Å²) in [6, 6.07) is 7.35. The Bertz CT molecular complexity index is 338. The van der Waals surface area contributed by atoms with E-state index >= 15 is 0 Å². The summed E-state index contributed by atoms with van der Waals surface area (Å²) in [6.07, 6.45) is 1.19. The molecule has 0 heterocycles. The van der Waals surface area contributed by atoms with E-state index in [4.69, 9.17) is 5.11 Å². The maximum Gasteiger partial charge on any atom is 0.328 e. The molecule has 0 aromatic heterocycles. The van der Waals surface area contributed by atoms with E-state index in [1.54, 1.807) is 6.92 Å². The minimum absolute atomic E-state index is 0.737. The Balaban J connectivity index is 2.96. The highest BCUT2D eigenvalue weighted by molar-refractivity contribution is 7.80. The summed E-state index contributed by atoms with van der Waals surface area (Å²) in [5.41, 5.74) is 1.64. The zero-order valence-electron chi connectivity index (χ0n) is 7.19. The fourth-order valence-corrected chi connectivity index (χ4v) is 1.14. The van der Waals surface area contributed by atoms with Crippen LogP contribution in [0, 0.1) is 0 Å². The molecular formula is C10H10O2S. The summed E-state index contributed by atoms with van der Waals surface area (Å²) in [6.45, 7) is 1.77. The van der Waals surface area contributed by atoms with Crippen LogP contribution >= 0.6 is 12.6 Å². The second kappa shape index (κ2) is 4.14. The first kappa shape index (κ1) is 9.86. The van der Waals surface area contributed by atoms with Crippen molar-refractivity contribution in [3.8, 4) is 0 Å². The topological polar surface area (TPSA) is 37.3 Å². The zero-order valence-corrected chi connectivity index (χ0v) is 8.08. The van der Waals surface area contributed by atoms with Crippen molar-refractivity contribution < 1.29 is 9.90 Å². The molecule has 13 heavy (non-hydrogen) atoms. The number of benzene rings is 1. The average molecular weight is 194 g/mol. The highest BCUT2D eigenvalue weighted by Gasteiger charge is 1.97. The van der Waals surface area contributed by atoms with Gasteiger partial charge in [0.1, 0.15) is 0 Å². The van der Waals surface area contributed by atoms with Crippen molar-refractivity contribution in [2.75, 3.05) is 0 Å². The molecule has 1 aromatic rings. The van der Waals surface area contributed by atoms with Gasteiger partial charge in [0, 0.05) is 11.0 Å². The van der Waals surface area contributed by atoms with Crippen LogP contribution in [0.5, 0.6) is 0 Å². The summed E-state index contributed by atoms with van der Waals surface area (Å²) in [4.78, 5) is 11.2. The van der Waals surface area contributed by atoms with Gasteiger partial charge in [0.05, 0.1) is 0 Å². The van der Waals surface area contributed by atoms with Gasteiger partial charge >= 0.3 is 5.97 Å². The standard InChI is InChI=1S/C10H10O2S/c1-7(6-10(11)12)8-2-4-9(13)5-3-8/h2-6,13H,1H3,(H,11,12). The molecule has 0 aliphatic rings. The molecule has 0 saturated heterocycles. The molecule has 0 bridgehead atoms. The van der Waals surface area contributed by atoms with Crippen molar-refractivity contribution in [2.24, 2.45) is 0 Å². The lowest BCUT2D eigenvalue weighted by molar-refractivity contribution is -0.131. The van der Waals surface area contributed by atoms with Gasteiger partial charge in [-0.15, -0.1) is 12.6 Å². The second-order valence-corrected chi connectivity index (χ2v) is 3.23. The van der Waals surface area contributed by atoms with E-state index in [9.17, 15) is 4.79 Å². The van der Waals surface area contributed by atoms with Crippen molar-refractivity contribution in [2.45, 2.75) is 11.8 Å². The average Bonchev–Trinajstić information content (AvgIpc) is 2.04. The van der Waals surface area contributed by atoms with Gasteiger partial charge in [0.15, 0.2) is 0 Å². The minimum atomic E-state index is -0.924. The van der Waals surface area contributed by atoms with E-state index in [1.807, 2.05) is 24.3 Å². The van der Waals surface area contributed by atoms with E-state index in [-0.39, 0.29) is 0 Å². The summed E-state index contributed by atoms with van der Waals surface area (Å²) in [5.74, 6) is -0.924. The van der Waals surface area contributed by atoms with Crippen LogP contribution < -0.4 is 0 Å². The highest BCUT2D eigenvalue weighted by atomic mass is 32.1. The Morgan fingerprint density at radius 2 is 1.92 bits per heavy atom. The van der Waals surface area contributed by atoms with Crippen LogP contribution in [0.3, 0.4) is 0 Å². The molecule has 0 unspecified atom stereocenters. The van der Waals surface area contributed by atoms with Gasteiger partial charge in [-0.25, -0.2) is 4.79 Å². The molecule has 1 rings (SSSR count). The molecule has 0 aliphatic carbocycles. The monoisotopic (exact) mass is 194 g/mol. The molecule has 0 saturated carbocycles. The van der Waals surface area contributed by atoms with Crippen molar-refractivity contribution in [1.29, 1.82) is 0 Å². The van der Waals surface area contributed by atoms with Crippen LogP contribution in [-0.2, 0) is 4.79 Å². The molecule has 0 atom stereocenters. The predicted molar refractivity (Wildman–Crippen MR) is 55.0 cm³/mol. The molecule has 1 N–H and O–H groups in total. The maximum absolute atomic E-state index is 10.4. The lowest BCUT2D eigenvalue weighted by Crippen LogP contribution is -1.89. The molecule has 0 spiro atoms. The Morgan fingerprint density at radius 3 is 2.38 bits per heavy atom. The van der Waals surface area contributed by atoms with E-state index in [1.165, 1.54) is 6.08 Å². The van der Waals surface area contributed by atoms with E-state index in [0.717, 1.165) is 16.0 Å². The Kier molecular flexibility index (Phi) is 3.14. The normalized spacial score (nSPS) is 11.4. The Labute approximate surface area is 82.3 Å². The third-order valence-electron chi connectivity index (χ3n) is 1.66. The summed E-state index contributed by atoms with van der Waals surface area (Å²) < 4.78 is 0. The smallest absolute Gasteiger partial charge is 0.328 e. The first-order chi connectivity index (χ1) is 6.09. The van der Waals surface area contributed by atoms with Crippen LogP contribution in [0.2, 0.25) is 0 Å². The van der Waals surface area contributed by atoms with E-state index in [0.29, 0.717) is 0 Å². The zero-order chi connectivity index (χ0) is 9.84. The Morgan fingerprint density at radius 1 is 1.38 bits per heavy atom. The number of allylic oxidation sites excluding steroid dienone is 1. The number of rotatable bonds is 2. The molecule has 1 aromatic carbocycles. The van der Waals surface area contributed by atoms with Crippen molar-refractivity contribution >= 4 is 24.2 Å². The first-order valence-corrected chi connectivity index (χ1v) is 4.25. The summed E-state index contributed by atoms with van der Waals surface area (Å²) >= 11 is 4.13. The molecular weight excluding hydrogens is 184 g/mol. The Hall–Kier alpha value is -1.22. The number of hydrogen-bond acceptors (Lipinski definition) is 2. The molecule has 3 heteroatoms. The number of carbonyl (C=O) groups is 1. The summed E-state index contributed by atoms with van der Waals surface area (Å²) in [5, 5.41) is 8.51. The highest BCUT2D eigenvalue weighted by Crippen LogP contribution is 2.15. The molecule has 0 aliphatic heterocycles. The van der Waals surface area contributed by atoms with Gasteiger partial charge in [-0.1, -0.05) is 12.1 Å². The van der Waals surface area contributed by atoms with Crippen molar-refractivity contribution in [3.05, 3.63) is 35.9 Å². The minimum Gasteiger partial charge on any atom is -0.478 e. The lowest BCUT2D eigenvalue weighted by atomic mass is 10.1. The fraction of sp³-hybridized carbons (Fsp3) is 0.100. The second-order valence-electron chi connectivity index (χ2n) is 2.71. The van der Waals surface area contributed by atoms with Gasteiger partial charge in [0.25, 0.3) is 0 Å².